The van der Waals surface area contributed by atoms with Gasteiger partial charge in [-0.25, -0.2) is 5.43 Å². The summed E-state index contributed by atoms with van der Waals surface area (Å²) in [5, 5.41) is 6.98. The summed E-state index contributed by atoms with van der Waals surface area (Å²) >= 11 is 5.82. The number of carbonyl (C=O) groups is 1. The Balaban J connectivity index is 1.34. The van der Waals surface area contributed by atoms with Gasteiger partial charge >= 0.3 is 0 Å². The molecular formula is C25H19ClN2O2. The van der Waals surface area contributed by atoms with E-state index in [1.807, 2.05) is 42.5 Å². The smallest absolute Gasteiger partial charge is 0.271 e. The van der Waals surface area contributed by atoms with E-state index in [-0.39, 0.29) is 5.91 Å². The average molecular weight is 415 g/mol. The van der Waals surface area contributed by atoms with E-state index in [4.69, 9.17) is 16.3 Å². The number of nitrogens with one attached hydrogen (secondary N) is 1. The molecular weight excluding hydrogens is 396 g/mol. The Kier molecular flexibility index (Phi) is 6.06. The van der Waals surface area contributed by atoms with E-state index in [1.54, 1.807) is 30.5 Å². The van der Waals surface area contributed by atoms with Gasteiger partial charge in [-0.15, -0.1) is 0 Å². The SMILES string of the molecule is O=C(N/N=C/c1ccc(OCc2cccc3ccccc23)cc1)c1ccc(Cl)cc1. The summed E-state index contributed by atoms with van der Waals surface area (Å²) in [4.78, 5) is 12.0. The lowest BCUT2D eigenvalue weighted by Gasteiger charge is -2.09. The van der Waals surface area contributed by atoms with Gasteiger partial charge < -0.3 is 4.74 Å². The van der Waals surface area contributed by atoms with Crippen LogP contribution in [0.4, 0.5) is 0 Å². The van der Waals surface area contributed by atoms with E-state index >= 15 is 0 Å². The van der Waals surface area contributed by atoms with Crippen molar-refractivity contribution in [2.75, 3.05) is 0 Å². The minimum atomic E-state index is -0.294. The Morgan fingerprint density at radius 2 is 1.63 bits per heavy atom. The second-order valence-corrected chi connectivity index (χ2v) is 7.14. The molecule has 0 aromatic heterocycles. The molecule has 1 N–H and O–H groups in total. The van der Waals surface area contributed by atoms with E-state index in [0.717, 1.165) is 16.9 Å². The van der Waals surface area contributed by atoms with Gasteiger partial charge in [0.15, 0.2) is 0 Å². The first-order chi connectivity index (χ1) is 14.7. The molecule has 0 bridgehead atoms. The van der Waals surface area contributed by atoms with Crippen LogP contribution in [0, 0.1) is 0 Å². The summed E-state index contributed by atoms with van der Waals surface area (Å²) in [5.41, 5.74) is 4.99. The number of ether oxygens (including phenoxy) is 1. The molecule has 4 rings (SSSR count). The van der Waals surface area contributed by atoms with E-state index in [0.29, 0.717) is 17.2 Å². The largest absolute Gasteiger partial charge is 0.489 e. The highest BCUT2D eigenvalue weighted by atomic mass is 35.5. The lowest BCUT2D eigenvalue weighted by atomic mass is 10.1. The molecule has 0 radical (unpaired) electrons. The Bertz CT molecular complexity index is 1180. The highest BCUT2D eigenvalue weighted by molar-refractivity contribution is 6.30. The molecule has 0 aliphatic heterocycles. The molecule has 0 saturated carbocycles. The minimum absolute atomic E-state index is 0.294. The van der Waals surface area contributed by atoms with Crippen LogP contribution in [-0.2, 0) is 6.61 Å². The zero-order chi connectivity index (χ0) is 20.8. The number of benzene rings is 4. The number of hydrogen-bond donors (Lipinski definition) is 1. The zero-order valence-electron chi connectivity index (χ0n) is 16.1. The van der Waals surface area contributed by atoms with Crippen LogP contribution >= 0.6 is 11.6 Å². The van der Waals surface area contributed by atoms with Gasteiger partial charge in [0.05, 0.1) is 6.21 Å². The third-order valence-electron chi connectivity index (χ3n) is 4.64. The van der Waals surface area contributed by atoms with Crippen molar-refractivity contribution in [1.82, 2.24) is 5.43 Å². The van der Waals surface area contributed by atoms with Gasteiger partial charge in [0, 0.05) is 10.6 Å². The maximum Gasteiger partial charge on any atom is 0.271 e. The van der Waals surface area contributed by atoms with E-state index in [9.17, 15) is 4.79 Å². The van der Waals surface area contributed by atoms with Gasteiger partial charge in [0.1, 0.15) is 12.4 Å². The summed E-state index contributed by atoms with van der Waals surface area (Å²) in [6.45, 7) is 0.492. The fourth-order valence-electron chi connectivity index (χ4n) is 3.06. The van der Waals surface area contributed by atoms with Crippen LogP contribution in [0.15, 0.2) is 96.1 Å². The van der Waals surface area contributed by atoms with Crippen molar-refractivity contribution in [2.24, 2.45) is 5.10 Å². The van der Waals surface area contributed by atoms with Gasteiger partial charge in [-0.05, 0) is 70.4 Å². The zero-order valence-corrected chi connectivity index (χ0v) is 16.8. The molecule has 0 saturated heterocycles. The Morgan fingerprint density at radius 3 is 2.43 bits per heavy atom. The second-order valence-electron chi connectivity index (χ2n) is 6.70. The van der Waals surface area contributed by atoms with E-state index in [2.05, 4.69) is 34.8 Å². The van der Waals surface area contributed by atoms with Crippen LogP contribution in [0.2, 0.25) is 5.02 Å². The quantitative estimate of drug-likeness (QED) is 0.318. The fraction of sp³-hybridized carbons (Fsp3) is 0.0400. The summed E-state index contributed by atoms with van der Waals surface area (Å²) in [7, 11) is 0. The first-order valence-electron chi connectivity index (χ1n) is 9.47. The maximum atomic E-state index is 12.0. The molecule has 30 heavy (non-hydrogen) atoms. The van der Waals surface area contributed by atoms with Gasteiger partial charge in [-0.1, -0.05) is 54.1 Å². The third kappa shape index (κ3) is 4.85. The highest BCUT2D eigenvalue weighted by Gasteiger charge is 2.04. The first-order valence-corrected chi connectivity index (χ1v) is 9.85. The minimum Gasteiger partial charge on any atom is -0.489 e. The number of carbonyl (C=O) groups excluding carboxylic acids is 1. The number of hydrogen-bond acceptors (Lipinski definition) is 3. The molecule has 0 fully saturated rings. The number of fused-ring (bicyclic) bond motifs is 1. The normalized spacial score (nSPS) is 11.0. The lowest BCUT2D eigenvalue weighted by molar-refractivity contribution is 0.0955. The van der Waals surface area contributed by atoms with Gasteiger partial charge in [0.2, 0.25) is 0 Å². The lowest BCUT2D eigenvalue weighted by Crippen LogP contribution is -2.17. The Hall–Kier alpha value is -3.63. The van der Waals surface area contributed by atoms with Crippen molar-refractivity contribution < 1.29 is 9.53 Å². The number of amides is 1. The number of rotatable bonds is 6. The molecule has 1 amide bonds. The van der Waals surface area contributed by atoms with Crippen molar-refractivity contribution in [1.29, 1.82) is 0 Å². The Labute approximate surface area is 179 Å². The molecule has 148 valence electrons. The van der Waals surface area contributed by atoms with Crippen LogP contribution in [0.25, 0.3) is 10.8 Å². The number of halogens is 1. The van der Waals surface area contributed by atoms with Crippen molar-refractivity contribution in [3.8, 4) is 5.75 Å². The topological polar surface area (TPSA) is 50.7 Å². The molecule has 0 spiro atoms. The van der Waals surface area contributed by atoms with Gasteiger partial charge in [-0.3, -0.25) is 4.79 Å². The van der Waals surface area contributed by atoms with Crippen molar-refractivity contribution in [2.45, 2.75) is 6.61 Å². The predicted molar refractivity (Wildman–Crippen MR) is 121 cm³/mol. The third-order valence-corrected chi connectivity index (χ3v) is 4.89. The van der Waals surface area contributed by atoms with Gasteiger partial charge in [-0.2, -0.15) is 5.10 Å². The molecule has 4 aromatic rings. The first kappa shape index (κ1) is 19.7. The standard InChI is InChI=1S/C25H19ClN2O2/c26-22-12-10-20(11-13-22)25(29)28-27-16-18-8-14-23(15-9-18)30-17-21-6-3-5-19-4-1-2-7-24(19)21/h1-16H,17H2,(H,28,29)/b27-16+. The van der Waals surface area contributed by atoms with E-state index < -0.39 is 0 Å². The molecule has 0 unspecified atom stereocenters. The molecule has 0 atom stereocenters. The second kappa shape index (κ2) is 9.25. The molecule has 0 aliphatic carbocycles. The summed E-state index contributed by atoms with van der Waals surface area (Å²) < 4.78 is 5.94. The predicted octanol–water partition coefficient (Wildman–Crippen LogP) is 5.84. The average Bonchev–Trinajstić information content (AvgIpc) is 2.79. The molecule has 0 aliphatic rings. The molecule has 4 nitrogen and oxygen atoms in total. The van der Waals surface area contributed by atoms with Crippen LogP contribution in [0.1, 0.15) is 21.5 Å². The molecule has 4 aromatic carbocycles. The van der Waals surface area contributed by atoms with Crippen molar-refractivity contribution in [3.63, 3.8) is 0 Å². The highest BCUT2D eigenvalue weighted by Crippen LogP contribution is 2.21. The van der Waals surface area contributed by atoms with Gasteiger partial charge in [0.25, 0.3) is 5.91 Å². The van der Waals surface area contributed by atoms with E-state index in [1.165, 1.54) is 10.8 Å². The summed E-state index contributed by atoms with van der Waals surface area (Å²) in [6.07, 6.45) is 1.59. The molecule has 0 heterocycles. The van der Waals surface area contributed by atoms with Crippen molar-refractivity contribution >= 4 is 34.5 Å². The molecule has 5 heteroatoms. The van der Waals surface area contributed by atoms with Crippen molar-refractivity contribution in [3.05, 3.63) is 113 Å². The monoisotopic (exact) mass is 414 g/mol. The summed E-state index contributed by atoms with van der Waals surface area (Å²) in [5.74, 6) is 0.475. The Morgan fingerprint density at radius 1 is 0.900 bits per heavy atom. The fourth-order valence-corrected chi connectivity index (χ4v) is 3.19. The van der Waals surface area contributed by atoms with Crippen LogP contribution in [0.3, 0.4) is 0 Å². The maximum absolute atomic E-state index is 12.0. The number of hydrazone groups is 1. The van der Waals surface area contributed by atoms with Crippen LogP contribution < -0.4 is 10.2 Å². The van der Waals surface area contributed by atoms with Crippen LogP contribution in [0.5, 0.6) is 5.75 Å². The number of nitrogens with zero attached hydrogens (tertiary/aromatic N) is 1. The summed E-state index contributed by atoms with van der Waals surface area (Å²) in [6, 6.07) is 28.6. The van der Waals surface area contributed by atoms with Crippen LogP contribution in [-0.4, -0.2) is 12.1 Å².